The maximum atomic E-state index is 13.4. The molecule has 0 saturated heterocycles. The van der Waals surface area contributed by atoms with Crippen molar-refractivity contribution in [3.05, 3.63) is 90.8 Å². The minimum absolute atomic E-state index is 0.138. The minimum Gasteiger partial charge on any atom is -0.492 e. The van der Waals surface area contributed by atoms with Crippen molar-refractivity contribution >= 4 is 34.3 Å². The van der Waals surface area contributed by atoms with Crippen LogP contribution in [0.4, 0.5) is 5.69 Å². The lowest BCUT2D eigenvalue weighted by atomic mass is 10.1. The lowest BCUT2D eigenvalue weighted by molar-refractivity contribution is -0.115. The standard InChI is InChI=1S/C24H21N3O2S/c1-2-29-21-15-9-8-14-20(21)27-23(28)22(17-10-4-3-5-11-17)30-24-18-12-6-7-13-19(18)25-16-26-24/h3-16,22H,2H2,1H3,(H,27,28). The molecule has 30 heavy (non-hydrogen) atoms. The van der Waals surface area contributed by atoms with Gasteiger partial charge in [0.1, 0.15) is 22.4 Å². The maximum absolute atomic E-state index is 13.4. The van der Waals surface area contributed by atoms with Crippen LogP contribution >= 0.6 is 11.8 Å². The molecule has 1 N–H and O–H groups in total. The Morgan fingerprint density at radius 2 is 1.70 bits per heavy atom. The van der Waals surface area contributed by atoms with E-state index in [-0.39, 0.29) is 5.91 Å². The first-order valence-corrected chi connectivity index (χ1v) is 10.6. The quantitative estimate of drug-likeness (QED) is 0.319. The van der Waals surface area contributed by atoms with Gasteiger partial charge in [0.25, 0.3) is 0 Å². The summed E-state index contributed by atoms with van der Waals surface area (Å²) in [6, 6.07) is 25.0. The Morgan fingerprint density at radius 3 is 2.53 bits per heavy atom. The highest BCUT2D eigenvalue weighted by Gasteiger charge is 2.24. The SMILES string of the molecule is CCOc1ccccc1NC(=O)C(Sc1ncnc2ccccc12)c1ccccc1. The second kappa shape index (κ2) is 9.41. The number of aromatic nitrogens is 2. The topological polar surface area (TPSA) is 64.1 Å². The first-order valence-electron chi connectivity index (χ1n) is 9.70. The second-order valence-corrected chi connectivity index (χ2v) is 7.62. The Kier molecular flexibility index (Phi) is 6.25. The van der Waals surface area contributed by atoms with Gasteiger partial charge in [0.2, 0.25) is 5.91 Å². The maximum Gasteiger partial charge on any atom is 0.242 e. The fourth-order valence-electron chi connectivity index (χ4n) is 3.14. The summed E-state index contributed by atoms with van der Waals surface area (Å²) in [4.78, 5) is 22.2. The van der Waals surface area contributed by atoms with Gasteiger partial charge in [0.05, 0.1) is 17.8 Å². The number of rotatable bonds is 7. The Morgan fingerprint density at radius 1 is 0.967 bits per heavy atom. The number of carbonyl (C=O) groups excluding carboxylic acids is 1. The van der Waals surface area contributed by atoms with Crippen molar-refractivity contribution in [2.24, 2.45) is 0 Å². The van der Waals surface area contributed by atoms with Gasteiger partial charge in [-0.1, -0.05) is 72.4 Å². The number of thioether (sulfide) groups is 1. The summed E-state index contributed by atoms with van der Waals surface area (Å²) in [5, 5.41) is 4.24. The van der Waals surface area contributed by atoms with E-state index in [1.807, 2.05) is 85.8 Å². The van der Waals surface area contributed by atoms with E-state index >= 15 is 0 Å². The van der Waals surface area contributed by atoms with Gasteiger partial charge in [-0.3, -0.25) is 4.79 Å². The fraction of sp³-hybridized carbons (Fsp3) is 0.125. The third-order valence-corrected chi connectivity index (χ3v) is 5.79. The fourth-order valence-corrected chi connectivity index (χ4v) is 4.23. The second-order valence-electron chi connectivity index (χ2n) is 6.52. The van der Waals surface area contributed by atoms with E-state index in [4.69, 9.17) is 4.74 Å². The molecule has 0 bridgehead atoms. The highest BCUT2D eigenvalue weighted by atomic mass is 32.2. The van der Waals surface area contributed by atoms with Crippen LogP contribution in [-0.2, 0) is 4.79 Å². The molecule has 4 aromatic rings. The number of benzene rings is 3. The van der Waals surface area contributed by atoms with Gasteiger partial charge in [-0.15, -0.1) is 0 Å². The molecule has 0 saturated carbocycles. The molecule has 1 heterocycles. The third kappa shape index (κ3) is 4.44. The summed E-state index contributed by atoms with van der Waals surface area (Å²) in [7, 11) is 0. The van der Waals surface area contributed by atoms with Gasteiger partial charge in [0, 0.05) is 5.39 Å². The van der Waals surface area contributed by atoms with Crippen molar-refractivity contribution in [3.8, 4) is 5.75 Å². The highest BCUT2D eigenvalue weighted by Crippen LogP contribution is 2.38. The zero-order valence-electron chi connectivity index (χ0n) is 16.5. The van der Waals surface area contributed by atoms with Crippen LogP contribution in [0.25, 0.3) is 10.9 Å². The van der Waals surface area contributed by atoms with Crippen molar-refractivity contribution in [2.75, 3.05) is 11.9 Å². The first kappa shape index (κ1) is 19.9. The Bertz CT molecular complexity index is 1150. The summed E-state index contributed by atoms with van der Waals surface area (Å²) in [6.07, 6.45) is 1.54. The van der Waals surface area contributed by atoms with Crippen LogP contribution < -0.4 is 10.1 Å². The van der Waals surface area contributed by atoms with Crippen molar-refractivity contribution in [3.63, 3.8) is 0 Å². The monoisotopic (exact) mass is 415 g/mol. The summed E-state index contributed by atoms with van der Waals surface area (Å²) >= 11 is 1.41. The van der Waals surface area contributed by atoms with E-state index in [1.165, 1.54) is 18.1 Å². The van der Waals surface area contributed by atoms with Gasteiger partial charge in [-0.2, -0.15) is 0 Å². The van der Waals surface area contributed by atoms with E-state index < -0.39 is 5.25 Å². The molecule has 0 radical (unpaired) electrons. The summed E-state index contributed by atoms with van der Waals surface area (Å²) in [6.45, 7) is 2.44. The smallest absolute Gasteiger partial charge is 0.242 e. The van der Waals surface area contributed by atoms with E-state index in [0.717, 1.165) is 21.5 Å². The van der Waals surface area contributed by atoms with Gasteiger partial charge in [-0.25, -0.2) is 9.97 Å². The lowest BCUT2D eigenvalue weighted by Crippen LogP contribution is -2.19. The number of nitrogens with one attached hydrogen (secondary N) is 1. The largest absolute Gasteiger partial charge is 0.492 e. The average Bonchev–Trinajstić information content (AvgIpc) is 2.79. The zero-order chi connectivity index (χ0) is 20.8. The van der Waals surface area contributed by atoms with Crippen molar-refractivity contribution in [1.29, 1.82) is 0 Å². The van der Waals surface area contributed by atoms with Crippen molar-refractivity contribution in [1.82, 2.24) is 9.97 Å². The van der Waals surface area contributed by atoms with Crippen LogP contribution in [0.3, 0.4) is 0 Å². The van der Waals surface area contributed by atoms with Crippen LogP contribution in [0.1, 0.15) is 17.7 Å². The summed E-state index contributed by atoms with van der Waals surface area (Å²) < 4.78 is 5.66. The molecule has 0 aliphatic rings. The van der Waals surface area contributed by atoms with E-state index in [2.05, 4.69) is 15.3 Å². The van der Waals surface area contributed by atoms with Gasteiger partial charge < -0.3 is 10.1 Å². The number of hydrogen-bond donors (Lipinski definition) is 1. The molecular formula is C24H21N3O2S. The van der Waals surface area contributed by atoms with Gasteiger partial charge in [0.15, 0.2) is 0 Å². The molecule has 1 unspecified atom stereocenters. The number of para-hydroxylation sites is 3. The molecule has 0 fully saturated rings. The van der Waals surface area contributed by atoms with Crippen LogP contribution in [0.2, 0.25) is 0 Å². The predicted molar refractivity (Wildman–Crippen MR) is 121 cm³/mol. The number of fused-ring (bicyclic) bond motifs is 1. The van der Waals surface area contributed by atoms with E-state index in [1.54, 1.807) is 0 Å². The Balaban J connectivity index is 1.68. The summed E-state index contributed by atoms with van der Waals surface area (Å²) in [5.41, 5.74) is 2.40. The lowest BCUT2D eigenvalue weighted by Gasteiger charge is -2.18. The van der Waals surface area contributed by atoms with Crippen LogP contribution in [-0.4, -0.2) is 22.5 Å². The Hall–Kier alpha value is -3.38. The van der Waals surface area contributed by atoms with Crippen molar-refractivity contribution < 1.29 is 9.53 Å². The average molecular weight is 416 g/mol. The molecule has 0 spiro atoms. The first-order chi connectivity index (χ1) is 14.8. The number of nitrogens with zero attached hydrogens (tertiary/aromatic N) is 2. The number of hydrogen-bond acceptors (Lipinski definition) is 5. The van der Waals surface area contributed by atoms with E-state index in [9.17, 15) is 4.79 Å². The number of carbonyl (C=O) groups is 1. The molecular weight excluding hydrogens is 394 g/mol. The number of ether oxygens (including phenoxy) is 1. The van der Waals surface area contributed by atoms with Crippen LogP contribution in [0, 0.1) is 0 Å². The molecule has 1 aromatic heterocycles. The third-order valence-electron chi connectivity index (χ3n) is 4.52. The zero-order valence-corrected chi connectivity index (χ0v) is 17.3. The normalized spacial score (nSPS) is 11.8. The van der Waals surface area contributed by atoms with Gasteiger partial charge >= 0.3 is 0 Å². The van der Waals surface area contributed by atoms with Crippen LogP contribution in [0.5, 0.6) is 5.75 Å². The molecule has 1 amide bonds. The number of amides is 1. The molecule has 3 aromatic carbocycles. The molecule has 6 heteroatoms. The van der Waals surface area contributed by atoms with Crippen LogP contribution in [0.15, 0.2) is 90.2 Å². The van der Waals surface area contributed by atoms with Gasteiger partial charge in [-0.05, 0) is 30.7 Å². The number of anilines is 1. The van der Waals surface area contributed by atoms with E-state index in [0.29, 0.717) is 18.0 Å². The Labute approximate surface area is 179 Å². The summed E-state index contributed by atoms with van der Waals surface area (Å²) in [5.74, 6) is 0.513. The molecule has 0 aliphatic heterocycles. The molecule has 150 valence electrons. The molecule has 1 atom stereocenters. The minimum atomic E-state index is -0.487. The van der Waals surface area contributed by atoms with Crippen molar-refractivity contribution in [2.45, 2.75) is 17.2 Å². The molecule has 5 nitrogen and oxygen atoms in total. The molecule has 4 rings (SSSR count). The molecule has 0 aliphatic carbocycles. The predicted octanol–water partition coefficient (Wildman–Crippen LogP) is 5.50. The highest BCUT2D eigenvalue weighted by molar-refractivity contribution is 8.00.